The first-order chi connectivity index (χ1) is 10.2. The second kappa shape index (κ2) is 5.84. The lowest BCUT2D eigenvalue weighted by Gasteiger charge is -2.13. The van der Waals surface area contributed by atoms with Crippen molar-refractivity contribution in [2.75, 3.05) is 7.05 Å². The van der Waals surface area contributed by atoms with E-state index in [4.69, 9.17) is 0 Å². The number of aromatic amines is 1. The van der Waals surface area contributed by atoms with Crippen LogP contribution < -0.4 is 0 Å². The zero-order valence-corrected chi connectivity index (χ0v) is 12.2. The number of hydrogen-bond donors (Lipinski definition) is 1. The highest BCUT2D eigenvalue weighted by atomic mass is 32.1. The van der Waals surface area contributed by atoms with Crippen LogP contribution in [0.25, 0.3) is 10.6 Å². The fourth-order valence-electron chi connectivity index (χ4n) is 1.88. The van der Waals surface area contributed by atoms with Gasteiger partial charge in [-0.2, -0.15) is 5.10 Å². The van der Waals surface area contributed by atoms with Crippen molar-refractivity contribution in [3.8, 4) is 10.6 Å². The summed E-state index contributed by atoms with van der Waals surface area (Å²) in [5.41, 5.74) is 1.46. The molecule has 2 aromatic heterocycles. The molecule has 0 spiro atoms. The number of benzene rings is 1. The lowest BCUT2D eigenvalue weighted by atomic mass is 10.2. The first-order valence-electron chi connectivity index (χ1n) is 6.34. The summed E-state index contributed by atoms with van der Waals surface area (Å²) in [6.45, 7) is 0.372. The molecule has 3 aromatic rings. The second-order valence-corrected chi connectivity index (χ2v) is 5.36. The second-order valence-electron chi connectivity index (χ2n) is 4.50. The van der Waals surface area contributed by atoms with E-state index in [0.29, 0.717) is 18.1 Å². The van der Waals surface area contributed by atoms with Gasteiger partial charge in [0, 0.05) is 18.0 Å². The van der Waals surface area contributed by atoms with Gasteiger partial charge in [0.05, 0.1) is 6.54 Å². The predicted molar refractivity (Wildman–Crippen MR) is 79.7 cm³/mol. The molecule has 7 heteroatoms. The van der Waals surface area contributed by atoms with Gasteiger partial charge in [0.15, 0.2) is 0 Å². The van der Waals surface area contributed by atoms with Gasteiger partial charge in [0.2, 0.25) is 0 Å². The Morgan fingerprint density at radius 2 is 2.14 bits per heavy atom. The number of amides is 1. The predicted octanol–water partition coefficient (Wildman–Crippen LogP) is 2.20. The van der Waals surface area contributed by atoms with Crippen LogP contribution in [0.15, 0.2) is 42.0 Å². The number of carbonyl (C=O) groups excluding carboxylic acids is 1. The van der Waals surface area contributed by atoms with E-state index in [9.17, 15) is 4.79 Å². The first kappa shape index (κ1) is 13.4. The Morgan fingerprint density at radius 3 is 2.86 bits per heavy atom. The highest BCUT2D eigenvalue weighted by Crippen LogP contribution is 2.23. The Kier molecular flexibility index (Phi) is 3.74. The maximum absolute atomic E-state index is 12.3. The van der Waals surface area contributed by atoms with E-state index in [1.54, 1.807) is 17.3 Å². The third-order valence-electron chi connectivity index (χ3n) is 2.94. The van der Waals surface area contributed by atoms with Crippen LogP contribution in [0, 0.1) is 0 Å². The average molecular weight is 299 g/mol. The van der Waals surface area contributed by atoms with E-state index in [1.807, 2.05) is 30.3 Å². The molecule has 0 unspecified atom stereocenters. The molecule has 1 N–H and O–H groups in total. The summed E-state index contributed by atoms with van der Waals surface area (Å²) in [6.07, 6.45) is 1.42. The highest BCUT2D eigenvalue weighted by molar-refractivity contribution is 7.13. The molecular weight excluding hydrogens is 286 g/mol. The minimum Gasteiger partial charge on any atom is -0.333 e. The summed E-state index contributed by atoms with van der Waals surface area (Å²) in [5, 5.41) is 9.12. The van der Waals surface area contributed by atoms with Gasteiger partial charge in [-0.15, -0.1) is 11.3 Å². The highest BCUT2D eigenvalue weighted by Gasteiger charge is 2.17. The molecule has 0 saturated heterocycles. The van der Waals surface area contributed by atoms with E-state index in [1.165, 1.54) is 17.7 Å². The zero-order valence-electron chi connectivity index (χ0n) is 11.4. The lowest BCUT2D eigenvalue weighted by molar-refractivity contribution is 0.0777. The van der Waals surface area contributed by atoms with Crippen LogP contribution in [0.3, 0.4) is 0 Å². The minimum absolute atomic E-state index is 0.134. The van der Waals surface area contributed by atoms with Gasteiger partial charge in [-0.05, 0) is 0 Å². The van der Waals surface area contributed by atoms with Crippen LogP contribution in [-0.4, -0.2) is 38.0 Å². The third-order valence-corrected chi connectivity index (χ3v) is 3.83. The van der Waals surface area contributed by atoms with Crippen molar-refractivity contribution >= 4 is 17.2 Å². The minimum atomic E-state index is -0.134. The van der Waals surface area contributed by atoms with Crippen molar-refractivity contribution in [3.63, 3.8) is 0 Å². The molecule has 0 aliphatic rings. The standard InChI is InChI=1S/C14H13N5OS/c1-19(7-12-15-9-16-18-12)14(20)11-8-21-13(17-11)10-5-3-2-4-6-10/h2-6,8-9H,7H2,1H3,(H,15,16,18). The smallest absolute Gasteiger partial charge is 0.273 e. The number of nitrogens with zero attached hydrogens (tertiary/aromatic N) is 4. The first-order valence-corrected chi connectivity index (χ1v) is 7.22. The largest absolute Gasteiger partial charge is 0.333 e. The zero-order chi connectivity index (χ0) is 14.7. The van der Waals surface area contributed by atoms with Crippen LogP contribution in [0.1, 0.15) is 16.3 Å². The third kappa shape index (κ3) is 2.97. The molecule has 106 valence electrons. The van der Waals surface area contributed by atoms with Gasteiger partial charge in [-0.3, -0.25) is 9.89 Å². The van der Waals surface area contributed by atoms with Gasteiger partial charge >= 0.3 is 0 Å². The van der Waals surface area contributed by atoms with Crippen LogP contribution in [0.4, 0.5) is 0 Å². The summed E-state index contributed by atoms with van der Waals surface area (Å²) in [5.74, 6) is 0.509. The summed E-state index contributed by atoms with van der Waals surface area (Å²) < 4.78 is 0. The molecule has 0 aliphatic heterocycles. The average Bonchev–Trinajstić information content (AvgIpc) is 3.18. The molecule has 0 atom stereocenters. The van der Waals surface area contributed by atoms with Crippen molar-refractivity contribution in [2.45, 2.75) is 6.54 Å². The van der Waals surface area contributed by atoms with Gasteiger partial charge in [0.25, 0.3) is 5.91 Å². The molecule has 0 fully saturated rings. The number of thiazole rings is 1. The van der Waals surface area contributed by atoms with Crippen molar-refractivity contribution in [1.82, 2.24) is 25.1 Å². The van der Waals surface area contributed by atoms with Crippen LogP contribution in [0.5, 0.6) is 0 Å². The van der Waals surface area contributed by atoms with Gasteiger partial charge < -0.3 is 4.90 Å². The summed E-state index contributed by atoms with van der Waals surface area (Å²) in [7, 11) is 1.71. The van der Waals surface area contributed by atoms with E-state index in [2.05, 4.69) is 20.2 Å². The SMILES string of the molecule is CN(Cc1ncn[nH]1)C(=O)c1csc(-c2ccccc2)n1. The van der Waals surface area contributed by atoms with Crippen molar-refractivity contribution in [3.05, 3.63) is 53.6 Å². The molecule has 1 aromatic carbocycles. The maximum atomic E-state index is 12.3. The molecule has 0 radical (unpaired) electrons. The van der Waals surface area contributed by atoms with E-state index < -0.39 is 0 Å². The van der Waals surface area contributed by atoms with Crippen molar-refractivity contribution in [1.29, 1.82) is 0 Å². The van der Waals surface area contributed by atoms with E-state index >= 15 is 0 Å². The molecule has 1 amide bonds. The number of carbonyl (C=O) groups is 1. The Morgan fingerprint density at radius 1 is 1.33 bits per heavy atom. The molecule has 0 aliphatic carbocycles. The number of H-pyrrole nitrogens is 1. The summed E-state index contributed by atoms with van der Waals surface area (Å²) >= 11 is 1.46. The number of nitrogens with one attached hydrogen (secondary N) is 1. The number of hydrogen-bond acceptors (Lipinski definition) is 5. The monoisotopic (exact) mass is 299 g/mol. The Bertz CT molecular complexity index is 723. The van der Waals surface area contributed by atoms with E-state index in [-0.39, 0.29) is 5.91 Å². The molecule has 0 saturated carbocycles. The van der Waals surface area contributed by atoms with E-state index in [0.717, 1.165) is 10.6 Å². The Labute approximate surface area is 125 Å². The topological polar surface area (TPSA) is 74.8 Å². The number of aromatic nitrogens is 4. The summed E-state index contributed by atoms with van der Waals surface area (Å²) in [4.78, 5) is 22.3. The lowest BCUT2D eigenvalue weighted by Crippen LogP contribution is -2.27. The number of rotatable bonds is 4. The summed E-state index contributed by atoms with van der Waals surface area (Å²) in [6, 6.07) is 9.81. The quantitative estimate of drug-likeness (QED) is 0.801. The van der Waals surface area contributed by atoms with Crippen molar-refractivity contribution in [2.24, 2.45) is 0 Å². The fraction of sp³-hybridized carbons (Fsp3) is 0.143. The normalized spacial score (nSPS) is 10.5. The molecule has 3 rings (SSSR count). The van der Waals surface area contributed by atoms with Gasteiger partial charge in [-0.1, -0.05) is 30.3 Å². The van der Waals surface area contributed by atoms with Gasteiger partial charge in [-0.25, -0.2) is 9.97 Å². The van der Waals surface area contributed by atoms with Crippen molar-refractivity contribution < 1.29 is 4.79 Å². The molecule has 6 nitrogen and oxygen atoms in total. The van der Waals surface area contributed by atoms with Crippen LogP contribution >= 0.6 is 11.3 Å². The molecule has 0 bridgehead atoms. The maximum Gasteiger partial charge on any atom is 0.273 e. The van der Waals surface area contributed by atoms with Crippen LogP contribution in [0.2, 0.25) is 0 Å². The fourth-order valence-corrected chi connectivity index (χ4v) is 2.68. The molecule has 21 heavy (non-hydrogen) atoms. The molecular formula is C14H13N5OS. The molecule has 2 heterocycles. The Hall–Kier alpha value is -2.54. The van der Waals surface area contributed by atoms with Crippen LogP contribution in [-0.2, 0) is 6.54 Å². The van der Waals surface area contributed by atoms with Gasteiger partial charge in [0.1, 0.15) is 22.9 Å². The Balaban J connectivity index is 1.75.